The molecule has 0 aliphatic carbocycles. The Bertz CT molecular complexity index is 2640. The molecule has 4 aromatic heterocycles. The standard InChI is InChI=1S/2C27H40O8S2/c1-26(2,15-20-17-34-18-24(30)25(20)31)8-5-10-36(32)12-7-13-37(33)11-6-9-27(3,4)16-21-14-22(28)23(29)19-35-21;1-26(2,16-20-14-22(28)24(30)18-34-20)8-5-10-36(32)12-7-13-37(33)11-6-9-27(3,4)17-21-15-23(29)25(31)19-35-21/h14,17-19,29-30H,5-13,15-16H2,1-4H3;14-15,18-19,30-31H,5-13,16-17H2,1-4H3. The van der Waals surface area contributed by atoms with E-state index in [4.69, 9.17) is 17.7 Å². The molecule has 20 heteroatoms. The van der Waals surface area contributed by atoms with Crippen LogP contribution >= 0.6 is 0 Å². The van der Waals surface area contributed by atoms with Crippen LogP contribution in [0.5, 0.6) is 23.0 Å². The highest BCUT2D eigenvalue weighted by Gasteiger charge is 2.25. The van der Waals surface area contributed by atoms with Gasteiger partial charge in [0.05, 0.1) is 6.26 Å². The van der Waals surface area contributed by atoms with Crippen molar-refractivity contribution in [3.63, 3.8) is 0 Å². The largest absolute Gasteiger partial charge is 0.502 e. The number of hydrogen-bond acceptors (Lipinski definition) is 16. The lowest BCUT2D eigenvalue weighted by Gasteiger charge is -2.24. The van der Waals surface area contributed by atoms with Crippen LogP contribution in [-0.4, -0.2) is 83.3 Å². The quantitative estimate of drug-likeness (QED) is 0.0356. The summed E-state index contributed by atoms with van der Waals surface area (Å²) in [6.45, 7) is 16.4. The molecular weight excluding hydrogens is 1030 g/mol. The molecule has 4 N–H and O–H groups in total. The molecule has 0 saturated carbocycles. The van der Waals surface area contributed by atoms with Crippen molar-refractivity contribution < 1.29 is 54.9 Å². The Morgan fingerprint density at radius 3 is 0.932 bits per heavy atom. The fourth-order valence-electron chi connectivity index (χ4n) is 8.48. The van der Waals surface area contributed by atoms with Gasteiger partial charge in [0.25, 0.3) is 0 Å². The van der Waals surface area contributed by atoms with Crippen LogP contribution in [0, 0.1) is 21.7 Å². The van der Waals surface area contributed by atoms with Gasteiger partial charge in [-0.05, 0) is 92.3 Å². The molecule has 16 nitrogen and oxygen atoms in total. The number of aromatic hydroxyl groups is 4. The molecule has 4 rings (SSSR count). The lowest BCUT2D eigenvalue weighted by Crippen LogP contribution is -2.21. The van der Waals surface area contributed by atoms with E-state index in [2.05, 4.69) is 41.5 Å². The lowest BCUT2D eigenvalue weighted by molar-refractivity contribution is 0.294. The molecule has 4 atom stereocenters. The molecule has 4 unspecified atom stereocenters. The summed E-state index contributed by atoms with van der Waals surface area (Å²) in [5.74, 6) is 4.38. The Balaban J connectivity index is 0.000000390. The molecule has 416 valence electrons. The molecule has 4 aromatic rings. The maximum absolute atomic E-state index is 12.4. The van der Waals surface area contributed by atoms with E-state index in [9.17, 15) is 56.4 Å². The third kappa shape index (κ3) is 25.4. The smallest absolute Gasteiger partial charge is 0.229 e. The van der Waals surface area contributed by atoms with Gasteiger partial charge in [-0.1, -0.05) is 55.4 Å². The molecule has 0 amide bonds. The van der Waals surface area contributed by atoms with Gasteiger partial charge in [-0.2, -0.15) is 0 Å². The van der Waals surface area contributed by atoms with Crippen LogP contribution in [0.3, 0.4) is 0 Å². The van der Waals surface area contributed by atoms with Crippen LogP contribution in [-0.2, 0) is 68.9 Å². The van der Waals surface area contributed by atoms with Crippen LogP contribution < -0.4 is 21.7 Å². The lowest BCUT2D eigenvalue weighted by atomic mass is 9.82. The maximum Gasteiger partial charge on any atom is 0.229 e. The Hall–Kier alpha value is -4.40. The van der Waals surface area contributed by atoms with Gasteiger partial charge in [0.15, 0.2) is 23.0 Å². The van der Waals surface area contributed by atoms with Crippen molar-refractivity contribution in [1.29, 1.82) is 0 Å². The summed E-state index contributed by atoms with van der Waals surface area (Å²) in [5.41, 5.74) is -1.96. The monoisotopic (exact) mass is 1110 g/mol. The highest BCUT2D eigenvalue weighted by atomic mass is 32.2. The van der Waals surface area contributed by atoms with E-state index in [1.165, 1.54) is 24.5 Å². The fourth-order valence-corrected chi connectivity index (χ4v) is 13.4. The first-order chi connectivity index (χ1) is 34.5. The van der Waals surface area contributed by atoms with Crippen LogP contribution in [0.4, 0.5) is 0 Å². The van der Waals surface area contributed by atoms with Gasteiger partial charge in [0.2, 0.25) is 21.7 Å². The van der Waals surface area contributed by atoms with Crippen molar-refractivity contribution in [2.45, 2.75) is 145 Å². The minimum absolute atomic E-state index is 0.139. The molecule has 4 heterocycles. The SMILES string of the molecule is CC(C)(CCCS(=O)CCCS(=O)CCCC(C)(C)Cc1cc(=O)c(O)co1)Cc1cc(=O)c(O)co1.CC(C)(CCCS(=O)CCCS(=O)CCCC(C)(C)Cc1cocc(O)c1=O)Cc1cc(=O)c(O)co1. The molecule has 0 spiro atoms. The third-order valence-corrected chi connectivity index (χ3v) is 18.5. The average molecular weight is 1110 g/mol. The first-order valence-electron chi connectivity index (χ1n) is 25.1. The summed E-state index contributed by atoms with van der Waals surface area (Å²) < 4.78 is 70.5. The highest BCUT2D eigenvalue weighted by Crippen LogP contribution is 2.31. The van der Waals surface area contributed by atoms with Crippen LogP contribution in [0.1, 0.15) is 142 Å². The van der Waals surface area contributed by atoms with E-state index < -0.39 is 82.2 Å². The van der Waals surface area contributed by atoms with Crippen molar-refractivity contribution in [2.75, 3.05) is 46.0 Å². The minimum Gasteiger partial charge on any atom is -0.502 e. The van der Waals surface area contributed by atoms with Crippen molar-refractivity contribution in [3.05, 3.63) is 113 Å². The molecule has 0 bridgehead atoms. The summed E-state index contributed by atoms with van der Waals surface area (Å²) >= 11 is 0. The Kier molecular flexibility index (Phi) is 26.2. The summed E-state index contributed by atoms with van der Waals surface area (Å²) in [4.78, 5) is 46.7. The third-order valence-electron chi connectivity index (χ3n) is 12.5. The van der Waals surface area contributed by atoms with E-state index >= 15 is 0 Å². The molecule has 0 fully saturated rings. The second-order valence-electron chi connectivity index (χ2n) is 22.3. The zero-order valence-corrected chi connectivity index (χ0v) is 47.8. The summed E-state index contributed by atoms with van der Waals surface area (Å²) in [6.07, 6.45) is 15.3. The first kappa shape index (κ1) is 63.9. The van der Waals surface area contributed by atoms with E-state index in [1.807, 2.05) is 13.8 Å². The van der Waals surface area contributed by atoms with Gasteiger partial charge in [-0.25, -0.2) is 0 Å². The Morgan fingerprint density at radius 2 is 0.649 bits per heavy atom. The van der Waals surface area contributed by atoms with Gasteiger partial charge in [-0.3, -0.25) is 36.0 Å². The van der Waals surface area contributed by atoms with Gasteiger partial charge < -0.3 is 38.1 Å². The molecule has 0 aliphatic rings. The normalized spacial score (nSPS) is 13.9. The molecular formula is C54H80O16S4. The summed E-state index contributed by atoms with van der Waals surface area (Å²) in [7, 11) is -3.88. The van der Waals surface area contributed by atoms with E-state index in [-0.39, 0.29) is 27.4 Å². The minimum atomic E-state index is -0.980. The van der Waals surface area contributed by atoms with Crippen LogP contribution in [0.15, 0.2) is 86.4 Å². The zero-order valence-electron chi connectivity index (χ0n) is 44.5. The van der Waals surface area contributed by atoms with Crippen molar-refractivity contribution in [2.24, 2.45) is 21.7 Å². The van der Waals surface area contributed by atoms with Crippen molar-refractivity contribution in [1.82, 2.24) is 0 Å². The van der Waals surface area contributed by atoms with Crippen molar-refractivity contribution >= 4 is 43.2 Å². The second-order valence-corrected chi connectivity index (χ2v) is 29.1. The molecule has 0 aromatic carbocycles. The second kappa shape index (κ2) is 30.4. The maximum atomic E-state index is 12.4. The van der Waals surface area contributed by atoms with Gasteiger partial charge in [0.1, 0.15) is 42.3 Å². The van der Waals surface area contributed by atoms with E-state index in [0.29, 0.717) is 107 Å². The topological polar surface area (TPSA) is 270 Å². The molecule has 0 radical (unpaired) electrons. The van der Waals surface area contributed by atoms with Gasteiger partial charge in [0, 0.05) is 132 Å². The summed E-state index contributed by atoms with van der Waals surface area (Å²) in [6, 6.07) is 3.93. The molecule has 0 saturated heterocycles. The summed E-state index contributed by atoms with van der Waals surface area (Å²) in [5, 5.41) is 37.5. The molecule has 0 aliphatic heterocycles. The Labute approximate surface area is 445 Å². The zero-order chi connectivity index (χ0) is 55.3. The van der Waals surface area contributed by atoms with Crippen LogP contribution in [0.2, 0.25) is 0 Å². The highest BCUT2D eigenvalue weighted by molar-refractivity contribution is 7.86. The fraction of sp³-hybridized carbons (Fsp3) is 0.630. The van der Waals surface area contributed by atoms with Gasteiger partial charge in [-0.15, -0.1) is 0 Å². The first-order valence-corrected chi connectivity index (χ1v) is 31.1. The van der Waals surface area contributed by atoms with E-state index in [1.54, 1.807) is 0 Å². The average Bonchev–Trinajstić information content (AvgIpc) is 3.28. The van der Waals surface area contributed by atoms with Crippen LogP contribution in [0.25, 0.3) is 0 Å². The number of rotatable bonds is 32. The molecule has 74 heavy (non-hydrogen) atoms. The van der Waals surface area contributed by atoms with Crippen molar-refractivity contribution in [3.8, 4) is 23.0 Å². The predicted molar refractivity (Wildman–Crippen MR) is 294 cm³/mol. The van der Waals surface area contributed by atoms with E-state index in [0.717, 1.165) is 76.4 Å². The predicted octanol–water partition coefficient (Wildman–Crippen LogP) is 8.58. The number of hydrogen-bond donors (Lipinski definition) is 4. The Morgan fingerprint density at radius 1 is 0.378 bits per heavy atom. The van der Waals surface area contributed by atoms with Gasteiger partial charge >= 0.3 is 0 Å².